The first-order valence-electron chi connectivity index (χ1n) is 6.23. The molecule has 0 spiro atoms. The zero-order valence-corrected chi connectivity index (χ0v) is 12.9. The fourth-order valence-electron chi connectivity index (χ4n) is 1.89. The largest absolute Gasteiger partial charge is 0.396 e. The lowest BCUT2D eigenvalue weighted by Gasteiger charge is -2.26. The van der Waals surface area contributed by atoms with Crippen molar-refractivity contribution in [1.82, 2.24) is 0 Å². The van der Waals surface area contributed by atoms with Gasteiger partial charge < -0.3 is 20.1 Å². The Morgan fingerprint density at radius 1 is 1.15 bits per heavy atom. The zero-order valence-electron chi connectivity index (χ0n) is 12.1. The number of benzene rings is 1. The number of anilines is 2. The lowest BCUT2D eigenvalue weighted by atomic mass is 10.2. The third kappa shape index (κ3) is 4.36. The minimum Gasteiger partial charge on any atom is -0.396 e. The molecule has 0 saturated heterocycles. The Labute approximate surface area is 120 Å². The van der Waals surface area contributed by atoms with Crippen molar-refractivity contribution in [2.75, 3.05) is 57.4 Å². The normalized spacial score (nSPS) is 11.6. The van der Waals surface area contributed by atoms with E-state index >= 15 is 0 Å². The van der Waals surface area contributed by atoms with Crippen molar-refractivity contribution in [3.8, 4) is 0 Å². The van der Waals surface area contributed by atoms with Gasteiger partial charge in [0.1, 0.15) is 0 Å². The topological polar surface area (TPSA) is 81.9 Å². The number of methoxy groups -OCH3 is 2. The number of sulfone groups is 1. The molecule has 0 fully saturated rings. The van der Waals surface area contributed by atoms with Crippen molar-refractivity contribution in [1.29, 1.82) is 0 Å². The van der Waals surface area contributed by atoms with Crippen LogP contribution in [0.5, 0.6) is 0 Å². The van der Waals surface area contributed by atoms with Crippen LogP contribution in [0.15, 0.2) is 23.1 Å². The molecule has 0 unspecified atom stereocenters. The van der Waals surface area contributed by atoms with Crippen LogP contribution < -0.4 is 10.6 Å². The van der Waals surface area contributed by atoms with Crippen molar-refractivity contribution < 1.29 is 17.9 Å². The second kappa shape index (κ2) is 7.47. The van der Waals surface area contributed by atoms with Gasteiger partial charge in [-0.2, -0.15) is 0 Å². The molecule has 0 aliphatic heterocycles. The van der Waals surface area contributed by atoms with E-state index in [1.165, 1.54) is 6.07 Å². The molecule has 20 heavy (non-hydrogen) atoms. The summed E-state index contributed by atoms with van der Waals surface area (Å²) in [5.41, 5.74) is 6.96. The Hall–Kier alpha value is -1.31. The van der Waals surface area contributed by atoms with Crippen LogP contribution in [-0.4, -0.2) is 55.2 Å². The first kappa shape index (κ1) is 16.7. The fraction of sp³-hybridized carbons (Fsp3) is 0.538. The molecule has 0 aromatic heterocycles. The zero-order chi connectivity index (χ0) is 15.2. The highest BCUT2D eigenvalue weighted by molar-refractivity contribution is 7.90. The number of ether oxygens (including phenoxy) is 2. The van der Waals surface area contributed by atoms with E-state index in [2.05, 4.69) is 0 Å². The van der Waals surface area contributed by atoms with Gasteiger partial charge in [-0.05, 0) is 12.1 Å². The molecule has 0 atom stereocenters. The molecule has 7 heteroatoms. The standard InChI is InChI=1S/C13H22N2O4S/c1-18-9-7-15(8-10-19-2)11-5-4-6-12(13(11)14)20(3,16)17/h4-6H,7-10,14H2,1-3H3. The van der Waals surface area contributed by atoms with Crippen molar-refractivity contribution >= 4 is 21.2 Å². The van der Waals surface area contributed by atoms with Gasteiger partial charge >= 0.3 is 0 Å². The molecule has 0 radical (unpaired) electrons. The first-order chi connectivity index (χ1) is 9.41. The third-order valence-electron chi connectivity index (χ3n) is 2.91. The highest BCUT2D eigenvalue weighted by Crippen LogP contribution is 2.29. The third-order valence-corrected chi connectivity index (χ3v) is 4.07. The number of nitrogens with zero attached hydrogens (tertiary/aromatic N) is 1. The van der Waals surface area contributed by atoms with E-state index in [0.717, 1.165) is 6.26 Å². The van der Waals surface area contributed by atoms with Gasteiger partial charge in [0, 0.05) is 33.6 Å². The number of nitrogen functional groups attached to an aromatic ring is 1. The molecule has 1 aromatic rings. The Balaban J connectivity index is 3.12. The van der Waals surface area contributed by atoms with Crippen LogP contribution in [0.1, 0.15) is 0 Å². The Morgan fingerprint density at radius 3 is 2.15 bits per heavy atom. The monoisotopic (exact) mass is 302 g/mol. The summed E-state index contributed by atoms with van der Waals surface area (Å²) in [5.74, 6) is 0. The summed E-state index contributed by atoms with van der Waals surface area (Å²) in [6, 6.07) is 5.00. The second-order valence-electron chi connectivity index (χ2n) is 4.43. The van der Waals surface area contributed by atoms with Gasteiger partial charge in [0.05, 0.1) is 29.5 Å². The highest BCUT2D eigenvalue weighted by Gasteiger charge is 2.17. The van der Waals surface area contributed by atoms with E-state index in [-0.39, 0.29) is 10.6 Å². The summed E-state index contributed by atoms with van der Waals surface area (Å²) in [7, 11) is -0.113. The lowest BCUT2D eigenvalue weighted by Crippen LogP contribution is -2.31. The maximum Gasteiger partial charge on any atom is 0.177 e. The molecule has 0 amide bonds. The Kier molecular flexibility index (Phi) is 6.25. The molecule has 114 valence electrons. The average molecular weight is 302 g/mol. The quantitative estimate of drug-likeness (QED) is 0.714. The summed E-state index contributed by atoms with van der Waals surface area (Å²) in [6.07, 6.45) is 1.15. The van der Waals surface area contributed by atoms with Crippen LogP contribution in [0.2, 0.25) is 0 Å². The average Bonchev–Trinajstić information content (AvgIpc) is 2.38. The molecule has 1 rings (SSSR count). The molecular weight excluding hydrogens is 280 g/mol. The SMILES string of the molecule is COCCN(CCOC)c1cccc(S(C)(=O)=O)c1N. The number of para-hydroxylation sites is 1. The molecule has 0 aliphatic rings. The molecule has 1 aromatic carbocycles. The van der Waals surface area contributed by atoms with Gasteiger partial charge in [0.2, 0.25) is 0 Å². The second-order valence-corrected chi connectivity index (χ2v) is 6.42. The van der Waals surface area contributed by atoms with E-state index in [1.807, 2.05) is 4.90 Å². The van der Waals surface area contributed by atoms with E-state index in [1.54, 1.807) is 26.4 Å². The van der Waals surface area contributed by atoms with Crippen molar-refractivity contribution in [3.63, 3.8) is 0 Å². The lowest BCUT2D eigenvalue weighted by molar-refractivity contribution is 0.190. The molecule has 6 nitrogen and oxygen atoms in total. The summed E-state index contributed by atoms with van der Waals surface area (Å²) < 4.78 is 33.6. The number of hydrogen-bond acceptors (Lipinski definition) is 6. The molecule has 0 saturated carbocycles. The summed E-state index contributed by atoms with van der Waals surface area (Å²) in [6.45, 7) is 2.26. The molecule has 0 aliphatic carbocycles. The Morgan fingerprint density at radius 2 is 1.70 bits per heavy atom. The van der Waals surface area contributed by atoms with Crippen LogP contribution in [0, 0.1) is 0 Å². The highest BCUT2D eigenvalue weighted by atomic mass is 32.2. The summed E-state index contributed by atoms with van der Waals surface area (Å²) in [4.78, 5) is 2.10. The number of nitrogens with two attached hydrogens (primary N) is 1. The number of hydrogen-bond donors (Lipinski definition) is 1. The van der Waals surface area contributed by atoms with Crippen LogP contribution in [0.3, 0.4) is 0 Å². The van der Waals surface area contributed by atoms with Gasteiger partial charge in [0.25, 0.3) is 0 Å². The molecule has 2 N–H and O–H groups in total. The van der Waals surface area contributed by atoms with E-state index < -0.39 is 9.84 Å². The minimum atomic E-state index is -3.34. The van der Waals surface area contributed by atoms with Crippen LogP contribution >= 0.6 is 0 Å². The Bertz CT molecular complexity index is 523. The molecule has 0 bridgehead atoms. The molecular formula is C13H22N2O4S. The minimum absolute atomic E-state index is 0.148. The van der Waals surface area contributed by atoms with E-state index in [0.29, 0.717) is 32.0 Å². The maximum absolute atomic E-state index is 11.7. The fourth-order valence-corrected chi connectivity index (χ4v) is 2.72. The summed E-state index contributed by atoms with van der Waals surface area (Å²) in [5, 5.41) is 0. The summed E-state index contributed by atoms with van der Waals surface area (Å²) >= 11 is 0. The number of rotatable bonds is 8. The first-order valence-corrected chi connectivity index (χ1v) is 8.12. The smallest absolute Gasteiger partial charge is 0.177 e. The van der Waals surface area contributed by atoms with Gasteiger partial charge in [-0.1, -0.05) is 6.07 Å². The maximum atomic E-state index is 11.7. The van der Waals surface area contributed by atoms with Crippen molar-refractivity contribution in [3.05, 3.63) is 18.2 Å². The van der Waals surface area contributed by atoms with Crippen LogP contribution in [0.4, 0.5) is 11.4 Å². The van der Waals surface area contributed by atoms with E-state index in [9.17, 15) is 8.42 Å². The van der Waals surface area contributed by atoms with Crippen LogP contribution in [0.25, 0.3) is 0 Å². The van der Waals surface area contributed by atoms with Gasteiger partial charge in [-0.3, -0.25) is 0 Å². The predicted molar refractivity (Wildman–Crippen MR) is 79.9 cm³/mol. The van der Waals surface area contributed by atoms with Crippen LogP contribution in [-0.2, 0) is 19.3 Å². The van der Waals surface area contributed by atoms with Gasteiger partial charge in [0.15, 0.2) is 9.84 Å². The van der Waals surface area contributed by atoms with Gasteiger partial charge in [-0.15, -0.1) is 0 Å². The van der Waals surface area contributed by atoms with Gasteiger partial charge in [-0.25, -0.2) is 8.42 Å². The van der Waals surface area contributed by atoms with Crippen molar-refractivity contribution in [2.45, 2.75) is 4.90 Å². The van der Waals surface area contributed by atoms with E-state index in [4.69, 9.17) is 15.2 Å². The predicted octanol–water partition coefficient (Wildman–Crippen LogP) is 0.771. The van der Waals surface area contributed by atoms with Crippen molar-refractivity contribution in [2.24, 2.45) is 0 Å². The molecule has 0 heterocycles.